The average Bonchev–Trinajstić information content (AvgIpc) is 2.33. The topological polar surface area (TPSA) is 53.7 Å². The van der Waals surface area contributed by atoms with E-state index in [1.807, 2.05) is 5.32 Å². The summed E-state index contributed by atoms with van der Waals surface area (Å²) >= 11 is 0. The van der Waals surface area contributed by atoms with Crippen molar-refractivity contribution in [2.45, 2.75) is 6.04 Å². The predicted molar refractivity (Wildman–Crippen MR) is 35.0 cm³/mol. The van der Waals surface area contributed by atoms with Crippen LogP contribution in [0.2, 0.25) is 0 Å². The SMILES string of the molecule is C1=NCC2[NH2+]C=NC2=N1. The summed E-state index contributed by atoms with van der Waals surface area (Å²) in [6, 6.07) is 0.370. The summed E-state index contributed by atoms with van der Waals surface area (Å²) in [5.41, 5.74) is 0. The Hall–Kier alpha value is -1.03. The van der Waals surface area contributed by atoms with Crippen molar-refractivity contribution in [1.82, 2.24) is 0 Å². The smallest absolute Gasteiger partial charge is 0.195 e. The van der Waals surface area contributed by atoms with Crippen LogP contribution >= 0.6 is 0 Å². The van der Waals surface area contributed by atoms with Gasteiger partial charge in [0, 0.05) is 0 Å². The quantitative estimate of drug-likeness (QED) is 0.403. The Morgan fingerprint density at radius 3 is 3.56 bits per heavy atom. The summed E-state index contributed by atoms with van der Waals surface area (Å²) in [6.07, 6.45) is 3.36. The average molecular weight is 123 g/mol. The molecule has 2 aliphatic rings. The molecule has 0 aromatic carbocycles. The van der Waals surface area contributed by atoms with Crippen LogP contribution in [0.3, 0.4) is 0 Å². The normalized spacial score (nSPS) is 30.2. The van der Waals surface area contributed by atoms with Gasteiger partial charge in [-0.05, 0) is 0 Å². The van der Waals surface area contributed by atoms with Gasteiger partial charge in [0.15, 0.2) is 18.2 Å². The number of hydrogen-bond acceptors (Lipinski definition) is 3. The lowest BCUT2D eigenvalue weighted by Gasteiger charge is -2.04. The summed E-state index contributed by atoms with van der Waals surface area (Å²) in [6.45, 7) is 0.818. The van der Waals surface area contributed by atoms with Crippen molar-refractivity contribution < 1.29 is 5.32 Å². The van der Waals surface area contributed by atoms with Gasteiger partial charge in [-0.25, -0.2) is 4.99 Å². The van der Waals surface area contributed by atoms with Crippen molar-refractivity contribution in [3.05, 3.63) is 0 Å². The molecule has 0 amide bonds. The standard InChI is InChI=1S/C5H6N4/c1-4-5(8-2-6-1)9-3-7-4/h2-4H,1H2,(H,6,7,8,9)/p+1. The molecule has 4 heteroatoms. The maximum atomic E-state index is 4.04. The molecular formula is C5H7N4+. The van der Waals surface area contributed by atoms with Crippen molar-refractivity contribution in [2.24, 2.45) is 15.0 Å². The van der Waals surface area contributed by atoms with Gasteiger partial charge in [-0.15, -0.1) is 0 Å². The summed E-state index contributed by atoms with van der Waals surface area (Å²) in [5.74, 6) is 0.907. The maximum absolute atomic E-state index is 4.04. The second-order valence-corrected chi connectivity index (χ2v) is 2.05. The van der Waals surface area contributed by atoms with E-state index in [9.17, 15) is 0 Å². The fourth-order valence-corrected chi connectivity index (χ4v) is 0.937. The number of fused-ring (bicyclic) bond motifs is 1. The number of amidine groups is 1. The molecule has 4 nitrogen and oxygen atoms in total. The molecule has 0 aromatic heterocycles. The number of rotatable bonds is 0. The van der Waals surface area contributed by atoms with E-state index in [2.05, 4.69) is 15.0 Å². The van der Waals surface area contributed by atoms with E-state index in [-0.39, 0.29) is 0 Å². The van der Waals surface area contributed by atoms with E-state index in [1.165, 1.54) is 0 Å². The van der Waals surface area contributed by atoms with E-state index in [0.717, 1.165) is 12.4 Å². The molecule has 2 N–H and O–H groups in total. The summed E-state index contributed by atoms with van der Waals surface area (Å²) in [7, 11) is 0. The molecule has 2 rings (SSSR count). The number of nitrogens with two attached hydrogens (primary N) is 1. The second kappa shape index (κ2) is 1.73. The van der Waals surface area contributed by atoms with E-state index in [1.54, 1.807) is 12.7 Å². The molecule has 0 bridgehead atoms. The first kappa shape index (κ1) is 4.81. The third kappa shape index (κ3) is 0.675. The van der Waals surface area contributed by atoms with Crippen molar-refractivity contribution in [2.75, 3.05) is 6.54 Å². The molecule has 0 aromatic rings. The fourth-order valence-electron chi connectivity index (χ4n) is 0.937. The number of quaternary nitrogens is 1. The van der Waals surface area contributed by atoms with Crippen molar-refractivity contribution in [3.8, 4) is 0 Å². The molecule has 1 unspecified atom stereocenters. The number of hydrogen-bond donors (Lipinski definition) is 1. The van der Waals surface area contributed by atoms with Gasteiger partial charge < -0.3 is 0 Å². The minimum atomic E-state index is 0.370. The largest absolute Gasteiger partial charge is 0.293 e. The van der Waals surface area contributed by atoms with Crippen LogP contribution in [0.5, 0.6) is 0 Å². The Labute approximate surface area is 52.4 Å². The molecule has 0 saturated heterocycles. The van der Waals surface area contributed by atoms with Gasteiger partial charge in [-0.3, -0.25) is 10.3 Å². The molecule has 1 atom stereocenters. The van der Waals surface area contributed by atoms with Crippen LogP contribution in [0.1, 0.15) is 0 Å². The van der Waals surface area contributed by atoms with Crippen LogP contribution in [0.4, 0.5) is 0 Å². The third-order valence-electron chi connectivity index (χ3n) is 1.43. The molecule has 0 aliphatic carbocycles. The Bertz CT molecular complexity index is 203. The molecule has 9 heavy (non-hydrogen) atoms. The first-order valence-electron chi connectivity index (χ1n) is 2.90. The molecule has 0 fully saturated rings. The fraction of sp³-hybridized carbons (Fsp3) is 0.400. The van der Waals surface area contributed by atoms with Crippen molar-refractivity contribution >= 4 is 18.5 Å². The van der Waals surface area contributed by atoms with Crippen LogP contribution < -0.4 is 5.32 Å². The highest BCUT2D eigenvalue weighted by atomic mass is 15.2. The zero-order chi connectivity index (χ0) is 6.10. The van der Waals surface area contributed by atoms with E-state index in [4.69, 9.17) is 0 Å². The van der Waals surface area contributed by atoms with Gasteiger partial charge in [0.2, 0.25) is 0 Å². The Morgan fingerprint density at radius 2 is 2.67 bits per heavy atom. The monoisotopic (exact) mass is 123 g/mol. The van der Waals surface area contributed by atoms with Crippen molar-refractivity contribution in [3.63, 3.8) is 0 Å². The molecule has 0 spiro atoms. The van der Waals surface area contributed by atoms with Crippen LogP contribution in [-0.4, -0.2) is 31.1 Å². The van der Waals surface area contributed by atoms with Crippen LogP contribution in [0.25, 0.3) is 0 Å². The third-order valence-corrected chi connectivity index (χ3v) is 1.43. The molecule has 2 aliphatic heterocycles. The lowest BCUT2D eigenvalue weighted by atomic mass is 10.3. The summed E-state index contributed by atoms with van der Waals surface area (Å²) in [5, 5.41) is 2.02. The number of nitrogens with zero attached hydrogens (tertiary/aromatic N) is 3. The zero-order valence-electron chi connectivity index (χ0n) is 4.86. The molecule has 46 valence electrons. The molecular weight excluding hydrogens is 116 g/mol. The lowest BCUT2D eigenvalue weighted by molar-refractivity contribution is -0.545. The Kier molecular flexibility index (Phi) is 0.927. The predicted octanol–water partition coefficient (Wildman–Crippen LogP) is -1.60. The van der Waals surface area contributed by atoms with E-state index in [0.29, 0.717) is 6.04 Å². The Balaban J connectivity index is 2.31. The van der Waals surface area contributed by atoms with Crippen molar-refractivity contribution in [1.29, 1.82) is 0 Å². The minimum Gasteiger partial charge on any atom is -0.293 e. The zero-order valence-corrected chi connectivity index (χ0v) is 4.86. The molecule has 0 radical (unpaired) electrons. The van der Waals surface area contributed by atoms with Gasteiger partial charge in [0.25, 0.3) is 0 Å². The van der Waals surface area contributed by atoms with Gasteiger partial charge >= 0.3 is 0 Å². The first-order chi connectivity index (χ1) is 4.47. The van der Waals surface area contributed by atoms with Crippen LogP contribution in [0, 0.1) is 0 Å². The molecule has 2 heterocycles. The lowest BCUT2D eigenvalue weighted by Crippen LogP contribution is -2.88. The minimum absolute atomic E-state index is 0.370. The second-order valence-electron chi connectivity index (χ2n) is 2.05. The highest BCUT2D eigenvalue weighted by molar-refractivity contribution is 5.99. The molecule has 0 saturated carbocycles. The van der Waals surface area contributed by atoms with Crippen LogP contribution in [0.15, 0.2) is 15.0 Å². The maximum Gasteiger partial charge on any atom is 0.195 e. The summed E-state index contributed by atoms with van der Waals surface area (Å²) < 4.78 is 0. The Morgan fingerprint density at radius 1 is 1.67 bits per heavy atom. The van der Waals surface area contributed by atoms with E-state index >= 15 is 0 Å². The number of aliphatic imine (C=N–C) groups is 3. The van der Waals surface area contributed by atoms with Crippen LogP contribution in [-0.2, 0) is 0 Å². The van der Waals surface area contributed by atoms with Gasteiger partial charge in [0.05, 0.1) is 0 Å². The summed E-state index contributed by atoms with van der Waals surface area (Å²) in [4.78, 5) is 12.0. The van der Waals surface area contributed by atoms with Gasteiger partial charge in [-0.1, -0.05) is 0 Å². The highest BCUT2D eigenvalue weighted by Crippen LogP contribution is 1.94. The van der Waals surface area contributed by atoms with E-state index < -0.39 is 0 Å². The van der Waals surface area contributed by atoms with Gasteiger partial charge in [-0.2, -0.15) is 4.99 Å². The van der Waals surface area contributed by atoms with Gasteiger partial charge in [0.1, 0.15) is 12.9 Å². The first-order valence-corrected chi connectivity index (χ1v) is 2.90. The highest BCUT2D eigenvalue weighted by Gasteiger charge is 2.23.